The SMILES string of the molecule is CC(=CCO)C(=O)OCCO. The van der Waals surface area contributed by atoms with Crippen LogP contribution in [0, 0.1) is 0 Å². The van der Waals surface area contributed by atoms with Gasteiger partial charge in [0.15, 0.2) is 0 Å². The monoisotopic (exact) mass is 160 g/mol. The Balaban J connectivity index is 3.73. The highest BCUT2D eigenvalue weighted by Gasteiger charge is 2.02. The van der Waals surface area contributed by atoms with Gasteiger partial charge in [-0.3, -0.25) is 0 Å². The Hall–Kier alpha value is -0.870. The van der Waals surface area contributed by atoms with Crippen LogP contribution in [0.4, 0.5) is 0 Å². The summed E-state index contributed by atoms with van der Waals surface area (Å²) in [5, 5.41) is 16.7. The Morgan fingerprint density at radius 2 is 2.18 bits per heavy atom. The molecular weight excluding hydrogens is 148 g/mol. The van der Waals surface area contributed by atoms with Crippen LogP contribution < -0.4 is 0 Å². The van der Waals surface area contributed by atoms with Crippen LogP contribution in [0.15, 0.2) is 11.6 Å². The Kier molecular flexibility index (Phi) is 5.42. The minimum Gasteiger partial charge on any atom is -0.460 e. The molecule has 0 aromatic heterocycles. The maximum Gasteiger partial charge on any atom is 0.333 e. The van der Waals surface area contributed by atoms with E-state index < -0.39 is 5.97 Å². The Morgan fingerprint density at radius 1 is 1.55 bits per heavy atom. The van der Waals surface area contributed by atoms with Crippen molar-refractivity contribution < 1.29 is 19.7 Å². The molecule has 0 amide bonds. The second kappa shape index (κ2) is 5.88. The van der Waals surface area contributed by atoms with Crippen LogP contribution >= 0.6 is 0 Å². The number of aliphatic hydroxyl groups is 2. The zero-order chi connectivity index (χ0) is 8.69. The first kappa shape index (κ1) is 10.1. The van der Waals surface area contributed by atoms with Gasteiger partial charge < -0.3 is 14.9 Å². The van der Waals surface area contributed by atoms with Crippen molar-refractivity contribution >= 4 is 5.97 Å². The number of rotatable bonds is 4. The van der Waals surface area contributed by atoms with Crippen molar-refractivity contribution in [3.8, 4) is 0 Å². The van der Waals surface area contributed by atoms with E-state index in [1.807, 2.05) is 0 Å². The van der Waals surface area contributed by atoms with E-state index in [0.717, 1.165) is 0 Å². The van der Waals surface area contributed by atoms with Gasteiger partial charge in [-0.05, 0) is 13.0 Å². The Bertz CT molecular complexity index is 151. The lowest BCUT2D eigenvalue weighted by molar-refractivity contribution is -0.139. The molecule has 0 aromatic rings. The molecular formula is C7H12O4. The number of carbonyl (C=O) groups is 1. The summed E-state index contributed by atoms with van der Waals surface area (Å²) in [7, 11) is 0. The lowest BCUT2D eigenvalue weighted by atomic mass is 10.3. The minimum atomic E-state index is -0.506. The standard InChI is InChI=1S/C7H12O4/c1-6(2-3-8)7(10)11-5-4-9/h2,8-9H,3-5H2,1H3. The van der Waals surface area contributed by atoms with Crippen molar-refractivity contribution in [2.45, 2.75) is 6.92 Å². The largest absolute Gasteiger partial charge is 0.460 e. The molecule has 0 fully saturated rings. The van der Waals surface area contributed by atoms with Crippen LogP contribution in [0.3, 0.4) is 0 Å². The smallest absolute Gasteiger partial charge is 0.333 e. The fourth-order valence-corrected chi connectivity index (χ4v) is 0.472. The molecule has 0 aliphatic carbocycles. The first-order chi connectivity index (χ1) is 5.22. The topological polar surface area (TPSA) is 66.8 Å². The summed E-state index contributed by atoms with van der Waals surface area (Å²) in [6.07, 6.45) is 1.35. The van der Waals surface area contributed by atoms with Gasteiger partial charge in [0.2, 0.25) is 0 Å². The zero-order valence-corrected chi connectivity index (χ0v) is 6.41. The van der Waals surface area contributed by atoms with Crippen LogP contribution in [0.1, 0.15) is 6.92 Å². The van der Waals surface area contributed by atoms with Gasteiger partial charge in [0.1, 0.15) is 6.61 Å². The maximum absolute atomic E-state index is 10.8. The van der Waals surface area contributed by atoms with E-state index in [1.165, 1.54) is 13.0 Å². The Labute approximate surface area is 65.1 Å². The molecule has 0 atom stereocenters. The van der Waals surface area contributed by atoms with Gasteiger partial charge in [0, 0.05) is 5.57 Å². The molecule has 11 heavy (non-hydrogen) atoms. The predicted molar refractivity (Wildman–Crippen MR) is 38.9 cm³/mol. The molecule has 2 N–H and O–H groups in total. The van der Waals surface area contributed by atoms with E-state index in [9.17, 15) is 4.79 Å². The lowest BCUT2D eigenvalue weighted by Crippen LogP contribution is -2.09. The average Bonchev–Trinajstić information content (AvgIpc) is 2.00. The van der Waals surface area contributed by atoms with Gasteiger partial charge in [0.05, 0.1) is 13.2 Å². The highest BCUT2D eigenvalue weighted by Crippen LogP contribution is 1.94. The molecule has 0 heterocycles. The third kappa shape index (κ3) is 4.52. The first-order valence-electron chi connectivity index (χ1n) is 3.28. The number of aliphatic hydroxyl groups excluding tert-OH is 2. The molecule has 0 saturated carbocycles. The van der Waals surface area contributed by atoms with Gasteiger partial charge in [-0.25, -0.2) is 4.79 Å². The summed E-state index contributed by atoms with van der Waals surface area (Å²) in [5.74, 6) is -0.506. The zero-order valence-electron chi connectivity index (χ0n) is 6.41. The predicted octanol–water partition coefficient (Wildman–Crippen LogP) is -0.540. The van der Waals surface area contributed by atoms with Crippen molar-refractivity contribution in [3.05, 3.63) is 11.6 Å². The summed E-state index contributed by atoms with van der Waals surface area (Å²) >= 11 is 0. The van der Waals surface area contributed by atoms with E-state index in [0.29, 0.717) is 5.57 Å². The molecule has 4 heteroatoms. The third-order valence-corrected chi connectivity index (χ3v) is 1.04. The van der Waals surface area contributed by atoms with Gasteiger partial charge in [0.25, 0.3) is 0 Å². The third-order valence-electron chi connectivity index (χ3n) is 1.04. The highest BCUT2D eigenvalue weighted by atomic mass is 16.5. The molecule has 0 saturated heterocycles. The maximum atomic E-state index is 10.8. The fraction of sp³-hybridized carbons (Fsp3) is 0.571. The summed E-state index contributed by atoms with van der Waals surface area (Å²) in [6, 6.07) is 0. The molecule has 0 bridgehead atoms. The molecule has 0 unspecified atom stereocenters. The van der Waals surface area contributed by atoms with Gasteiger partial charge in [-0.2, -0.15) is 0 Å². The molecule has 0 aliphatic heterocycles. The number of hydrogen-bond donors (Lipinski definition) is 2. The molecule has 4 nitrogen and oxygen atoms in total. The number of hydrogen-bond acceptors (Lipinski definition) is 4. The lowest BCUT2D eigenvalue weighted by Gasteiger charge is -2.01. The summed E-state index contributed by atoms with van der Waals surface area (Å²) in [4.78, 5) is 10.8. The Morgan fingerprint density at radius 3 is 2.64 bits per heavy atom. The number of esters is 1. The molecule has 0 spiro atoms. The van der Waals surface area contributed by atoms with Crippen LogP contribution in [0.2, 0.25) is 0 Å². The second-order valence-electron chi connectivity index (χ2n) is 1.93. The van der Waals surface area contributed by atoms with Crippen LogP contribution in [-0.4, -0.2) is 36.0 Å². The highest BCUT2D eigenvalue weighted by molar-refractivity contribution is 5.87. The van der Waals surface area contributed by atoms with E-state index >= 15 is 0 Å². The molecule has 0 radical (unpaired) electrons. The van der Waals surface area contributed by atoms with Gasteiger partial charge in [-0.1, -0.05) is 0 Å². The van der Waals surface area contributed by atoms with E-state index in [1.54, 1.807) is 0 Å². The van der Waals surface area contributed by atoms with E-state index in [-0.39, 0.29) is 19.8 Å². The first-order valence-corrected chi connectivity index (χ1v) is 3.28. The van der Waals surface area contributed by atoms with Crippen LogP contribution in [-0.2, 0) is 9.53 Å². The van der Waals surface area contributed by atoms with Gasteiger partial charge >= 0.3 is 5.97 Å². The van der Waals surface area contributed by atoms with Crippen molar-refractivity contribution in [1.82, 2.24) is 0 Å². The van der Waals surface area contributed by atoms with Gasteiger partial charge in [-0.15, -0.1) is 0 Å². The molecule has 0 aromatic carbocycles. The van der Waals surface area contributed by atoms with Crippen molar-refractivity contribution in [2.75, 3.05) is 19.8 Å². The van der Waals surface area contributed by atoms with Crippen molar-refractivity contribution in [3.63, 3.8) is 0 Å². The second-order valence-corrected chi connectivity index (χ2v) is 1.93. The molecule has 0 aliphatic rings. The summed E-state index contributed by atoms with van der Waals surface area (Å²) in [5.41, 5.74) is 0.348. The minimum absolute atomic E-state index is 0.00452. The molecule has 64 valence electrons. The van der Waals surface area contributed by atoms with Crippen LogP contribution in [0.5, 0.6) is 0 Å². The van der Waals surface area contributed by atoms with Crippen molar-refractivity contribution in [1.29, 1.82) is 0 Å². The quantitative estimate of drug-likeness (QED) is 0.428. The average molecular weight is 160 g/mol. The van der Waals surface area contributed by atoms with Crippen molar-refractivity contribution in [2.24, 2.45) is 0 Å². The van der Waals surface area contributed by atoms with E-state index in [4.69, 9.17) is 10.2 Å². The van der Waals surface area contributed by atoms with Crippen LogP contribution in [0.25, 0.3) is 0 Å². The summed E-state index contributed by atoms with van der Waals surface area (Å²) in [6.45, 7) is 1.17. The fourth-order valence-electron chi connectivity index (χ4n) is 0.472. The normalized spacial score (nSPS) is 11.4. The van der Waals surface area contributed by atoms with E-state index in [2.05, 4.69) is 4.74 Å². The number of carbonyl (C=O) groups excluding carboxylic acids is 1. The number of ether oxygens (including phenoxy) is 1. The molecule has 0 rings (SSSR count). The summed E-state index contributed by atoms with van der Waals surface area (Å²) < 4.78 is 4.54.